The van der Waals surface area contributed by atoms with Crippen LogP contribution in [0.4, 0.5) is 4.39 Å². The molecular weight excluding hydrogens is 463 g/mol. The first-order valence-electron chi connectivity index (χ1n) is 11.2. The highest BCUT2D eigenvalue weighted by Gasteiger charge is 2.16. The Kier molecular flexibility index (Phi) is 5.71. The summed E-state index contributed by atoms with van der Waals surface area (Å²) < 4.78 is 23.5. The number of aryl methyl sites for hydroxylation is 3. The topological polar surface area (TPSA) is 96.3 Å². The highest BCUT2D eigenvalue weighted by atomic mass is 19.1. The third-order valence-corrected chi connectivity index (χ3v) is 6.09. The molecule has 3 aromatic heterocycles. The van der Waals surface area contributed by atoms with Crippen molar-refractivity contribution in [3.63, 3.8) is 0 Å². The fourth-order valence-corrected chi connectivity index (χ4v) is 4.22. The van der Waals surface area contributed by atoms with Gasteiger partial charge in [-0.05, 0) is 63.2 Å². The minimum absolute atomic E-state index is 0.127. The van der Waals surface area contributed by atoms with Gasteiger partial charge in [0.2, 0.25) is 5.78 Å². The predicted molar refractivity (Wildman–Crippen MR) is 132 cm³/mol. The zero-order chi connectivity index (χ0) is 25.6. The molecule has 0 amide bonds. The van der Waals surface area contributed by atoms with Crippen molar-refractivity contribution in [2.24, 2.45) is 7.05 Å². The number of hydrogen-bond acceptors (Lipinski definition) is 6. The number of ether oxygens (including phenoxy) is 1. The van der Waals surface area contributed by atoms with Gasteiger partial charge >= 0.3 is 5.97 Å². The summed E-state index contributed by atoms with van der Waals surface area (Å²) in [5.74, 6) is -0.135. The number of rotatable bonds is 5. The Morgan fingerprint density at radius 2 is 1.83 bits per heavy atom. The van der Waals surface area contributed by atoms with Gasteiger partial charge in [-0.1, -0.05) is 11.6 Å². The normalized spacial score (nSPS) is 11.7. The lowest BCUT2D eigenvalue weighted by Crippen LogP contribution is -2.20. The number of benzene rings is 2. The first-order chi connectivity index (χ1) is 17.2. The van der Waals surface area contributed by atoms with Crippen LogP contribution >= 0.6 is 0 Å². The van der Waals surface area contributed by atoms with Crippen molar-refractivity contribution >= 4 is 28.7 Å². The van der Waals surface area contributed by atoms with E-state index in [2.05, 4.69) is 15.3 Å². The second-order valence-electron chi connectivity index (χ2n) is 8.55. The maximum absolute atomic E-state index is 13.3. The van der Waals surface area contributed by atoms with Crippen LogP contribution in [0.1, 0.15) is 28.3 Å². The highest BCUT2D eigenvalue weighted by molar-refractivity contribution is 5.87. The maximum atomic E-state index is 13.3. The first-order valence-corrected chi connectivity index (χ1v) is 11.2. The lowest BCUT2D eigenvalue weighted by molar-refractivity contribution is -0.139. The number of esters is 1. The van der Waals surface area contributed by atoms with Gasteiger partial charge in [0.15, 0.2) is 12.4 Å². The first kappa shape index (κ1) is 23.2. The van der Waals surface area contributed by atoms with E-state index in [1.165, 1.54) is 22.8 Å². The van der Waals surface area contributed by atoms with Gasteiger partial charge in [0.05, 0.1) is 22.3 Å². The zero-order valence-corrected chi connectivity index (χ0v) is 20.2. The lowest BCUT2D eigenvalue weighted by atomic mass is 10.1. The van der Waals surface area contributed by atoms with Crippen molar-refractivity contribution in [3.05, 3.63) is 93.1 Å². The van der Waals surface area contributed by atoms with Crippen LogP contribution in [-0.2, 0) is 23.2 Å². The molecule has 2 aromatic carbocycles. The quantitative estimate of drug-likeness (QED) is 0.278. The molecule has 182 valence electrons. The molecule has 0 aliphatic heterocycles. The number of nitrogens with zero attached hydrogens (tertiary/aromatic N) is 6. The maximum Gasteiger partial charge on any atom is 0.331 e. The van der Waals surface area contributed by atoms with Crippen molar-refractivity contribution in [1.82, 2.24) is 28.9 Å². The van der Waals surface area contributed by atoms with Gasteiger partial charge in [0.25, 0.3) is 5.56 Å². The number of carbonyl (C=O) groups excluding carboxylic acids is 1. The third kappa shape index (κ3) is 3.96. The number of halogens is 1. The molecule has 0 bridgehead atoms. The SMILES string of the molecule is Cc1ccc2c(c1)c(=O)n(C)c1nnc(COC(=O)C=Cc3c(C)nn(-c4ccc(F)cc4)c3C)n21. The van der Waals surface area contributed by atoms with Crippen LogP contribution in [0.2, 0.25) is 0 Å². The molecule has 9 nitrogen and oxygen atoms in total. The summed E-state index contributed by atoms with van der Waals surface area (Å²) in [5, 5.41) is 13.3. The Morgan fingerprint density at radius 3 is 2.58 bits per heavy atom. The zero-order valence-electron chi connectivity index (χ0n) is 20.2. The molecule has 0 saturated carbocycles. The summed E-state index contributed by atoms with van der Waals surface area (Å²) in [5.41, 5.74) is 4.42. The average molecular weight is 487 g/mol. The third-order valence-electron chi connectivity index (χ3n) is 6.09. The molecule has 36 heavy (non-hydrogen) atoms. The van der Waals surface area contributed by atoms with Gasteiger partial charge in [0.1, 0.15) is 5.82 Å². The largest absolute Gasteiger partial charge is 0.454 e. The Bertz CT molecular complexity index is 1730. The second kappa shape index (κ2) is 8.88. The van der Waals surface area contributed by atoms with Crippen LogP contribution in [0.3, 0.4) is 0 Å². The second-order valence-corrected chi connectivity index (χ2v) is 8.55. The molecule has 0 aliphatic carbocycles. The van der Waals surface area contributed by atoms with Crippen molar-refractivity contribution in [2.45, 2.75) is 27.4 Å². The van der Waals surface area contributed by atoms with Crippen molar-refractivity contribution in [2.75, 3.05) is 0 Å². The fourth-order valence-electron chi connectivity index (χ4n) is 4.22. The van der Waals surface area contributed by atoms with Gasteiger partial charge in [-0.15, -0.1) is 10.2 Å². The van der Waals surface area contributed by atoms with Gasteiger partial charge in [-0.2, -0.15) is 5.10 Å². The molecule has 0 spiro atoms. The van der Waals surface area contributed by atoms with Crippen LogP contribution in [0, 0.1) is 26.6 Å². The number of hydrogen-bond donors (Lipinski definition) is 0. The van der Waals surface area contributed by atoms with E-state index in [1.54, 1.807) is 34.3 Å². The Morgan fingerprint density at radius 1 is 1.08 bits per heavy atom. The predicted octanol–water partition coefficient (Wildman–Crippen LogP) is 3.59. The Labute approximate surface area is 205 Å². The molecule has 5 aromatic rings. The monoisotopic (exact) mass is 486 g/mol. The molecule has 10 heteroatoms. The minimum Gasteiger partial charge on any atom is -0.454 e. The van der Waals surface area contributed by atoms with Gasteiger partial charge < -0.3 is 4.74 Å². The summed E-state index contributed by atoms with van der Waals surface area (Å²) in [6.07, 6.45) is 2.97. The van der Waals surface area contributed by atoms with Crippen molar-refractivity contribution in [1.29, 1.82) is 0 Å². The van der Waals surface area contributed by atoms with E-state index < -0.39 is 5.97 Å². The molecule has 0 aliphatic rings. The van der Waals surface area contributed by atoms with Crippen LogP contribution in [0.5, 0.6) is 0 Å². The highest BCUT2D eigenvalue weighted by Crippen LogP contribution is 2.20. The molecule has 0 unspecified atom stereocenters. The molecule has 3 heterocycles. The molecule has 0 radical (unpaired) electrons. The van der Waals surface area contributed by atoms with E-state index in [9.17, 15) is 14.0 Å². The summed E-state index contributed by atoms with van der Waals surface area (Å²) in [4.78, 5) is 25.2. The van der Waals surface area contributed by atoms with Gasteiger partial charge in [0, 0.05) is 24.4 Å². The van der Waals surface area contributed by atoms with E-state index in [0.29, 0.717) is 28.2 Å². The fraction of sp³-hybridized carbons (Fsp3) is 0.192. The standard InChI is InChI=1S/C26H23FN6O3/c1-15-5-11-22-21(13-15)25(35)31(4)26-29-28-23(32(22)26)14-36-24(34)12-10-20-16(2)30-33(17(20)3)19-8-6-18(27)7-9-19/h5-13H,14H2,1-4H3. The number of carbonyl (C=O) groups is 1. The van der Waals surface area contributed by atoms with E-state index >= 15 is 0 Å². The van der Waals surface area contributed by atoms with Gasteiger partial charge in [-0.3, -0.25) is 13.8 Å². The molecule has 5 rings (SSSR count). The van der Waals surface area contributed by atoms with Gasteiger partial charge in [-0.25, -0.2) is 13.9 Å². The van der Waals surface area contributed by atoms with E-state index in [4.69, 9.17) is 4.74 Å². The molecule has 0 fully saturated rings. The minimum atomic E-state index is -0.565. The van der Waals surface area contributed by atoms with Crippen molar-refractivity contribution < 1.29 is 13.9 Å². The van der Waals surface area contributed by atoms with E-state index in [0.717, 1.165) is 22.5 Å². The molecule has 0 N–H and O–H groups in total. The lowest BCUT2D eigenvalue weighted by Gasteiger charge is -2.08. The molecule has 0 saturated heterocycles. The van der Waals surface area contributed by atoms with Crippen molar-refractivity contribution in [3.8, 4) is 5.69 Å². The number of aromatic nitrogens is 6. The molecular formula is C26H23FN6O3. The average Bonchev–Trinajstić information content (AvgIpc) is 3.41. The van der Waals surface area contributed by atoms with Crippen LogP contribution in [-0.4, -0.2) is 34.9 Å². The summed E-state index contributed by atoms with van der Waals surface area (Å²) >= 11 is 0. The van der Waals surface area contributed by atoms with E-state index in [1.807, 2.05) is 39.0 Å². The Balaban J connectivity index is 1.38. The van der Waals surface area contributed by atoms with Crippen LogP contribution in [0.15, 0.2) is 53.3 Å². The Hall–Kier alpha value is -4.60. The summed E-state index contributed by atoms with van der Waals surface area (Å²) in [6.45, 7) is 5.49. The van der Waals surface area contributed by atoms with Crippen LogP contribution in [0.25, 0.3) is 28.4 Å². The summed E-state index contributed by atoms with van der Waals surface area (Å²) in [6, 6.07) is 11.6. The van der Waals surface area contributed by atoms with Crippen LogP contribution < -0.4 is 5.56 Å². The smallest absolute Gasteiger partial charge is 0.331 e. The summed E-state index contributed by atoms with van der Waals surface area (Å²) in [7, 11) is 1.63. The molecule has 0 atom stereocenters. The number of fused-ring (bicyclic) bond motifs is 3. The van der Waals surface area contributed by atoms with E-state index in [-0.39, 0.29) is 18.0 Å².